The summed E-state index contributed by atoms with van der Waals surface area (Å²) in [5.74, 6) is 3.71. The van der Waals surface area contributed by atoms with E-state index in [0.29, 0.717) is 4.58 Å². The molecular formula is C15H20OS2. The maximum Gasteiger partial charge on any atom is 0.123 e. The number of aryl methyl sites for hydroxylation is 1. The fraction of sp³-hybridized carbons (Fsp3) is 0.600. The second kappa shape index (κ2) is 5.01. The van der Waals surface area contributed by atoms with Gasteiger partial charge < -0.3 is 4.74 Å². The molecule has 2 aliphatic rings. The van der Waals surface area contributed by atoms with Crippen LogP contribution in [0.4, 0.5) is 0 Å². The van der Waals surface area contributed by atoms with Crippen molar-refractivity contribution in [1.29, 1.82) is 0 Å². The van der Waals surface area contributed by atoms with Crippen LogP contribution in [-0.4, -0.2) is 17.1 Å². The number of benzene rings is 1. The third kappa shape index (κ3) is 2.67. The molecule has 3 rings (SSSR count). The molecule has 18 heavy (non-hydrogen) atoms. The van der Waals surface area contributed by atoms with Gasteiger partial charge in [-0.05, 0) is 61.8 Å². The summed E-state index contributed by atoms with van der Waals surface area (Å²) in [5.41, 5.74) is 2.88. The molecule has 2 heterocycles. The van der Waals surface area contributed by atoms with E-state index in [-0.39, 0.29) is 5.60 Å². The number of hydrogen-bond acceptors (Lipinski definition) is 3. The van der Waals surface area contributed by atoms with E-state index in [1.54, 1.807) is 0 Å². The molecule has 0 unspecified atom stereocenters. The maximum absolute atomic E-state index is 6.05. The standard InChI is InChI=1S/C15H20OS2/c1-15(2)7-6-11-10-12(4-5-13(11)16-15)14-17-8-3-9-18-14/h4-5,10,14H,3,6-9H2,1-2H3. The molecule has 2 aliphatic heterocycles. The number of ether oxygens (including phenoxy) is 1. The molecule has 1 aromatic carbocycles. The molecule has 0 spiro atoms. The molecule has 1 fully saturated rings. The van der Waals surface area contributed by atoms with E-state index >= 15 is 0 Å². The Hall–Kier alpha value is -0.280. The normalized spacial score (nSPS) is 23.2. The highest BCUT2D eigenvalue weighted by atomic mass is 32.2. The SMILES string of the molecule is CC1(C)CCc2cc(C3SCCCS3)ccc2O1. The van der Waals surface area contributed by atoms with Crippen molar-refractivity contribution in [3.05, 3.63) is 29.3 Å². The van der Waals surface area contributed by atoms with Gasteiger partial charge in [0.1, 0.15) is 11.4 Å². The van der Waals surface area contributed by atoms with E-state index < -0.39 is 0 Å². The Morgan fingerprint density at radius 1 is 1.22 bits per heavy atom. The average molecular weight is 280 g/mol. The molecule has 3 heteroatoms. The smallest absolute Gasteiger partial charge is 0.123 e. The summed E-state index contributed by atoms with van der Waals surface area (Å²) in [4.78, 5) is 0. The molecule has 0 N–H and O–H groups in total. The number of fused-ring (bicyclic) bond motifs is 1. The zero-order valence-corrected chi connectivity index (χ0v) is 12.7. The molecule has 1 aromatic rings. The van der Waals surface area contributed by atoms with Crippen molar-refractivity contribution in [1.82, 2.24) is 0 Å². The molecule has 0 aromatic heterocycles. The van der Waals surface area contributed by atoms with Gasteiger partial charge in [0.2, 0.25) is 0 Å². The third-order valence-electron chi connectivity index (χ3n) is 3.57. The summed E-state index contributed by atoms with van der Waals surface area (Å²) in [6.45, 7) is 4.35. The van der Waals surface area contributed by atoms with Gasteiger partial charge in [-0.3, -0.25) is 0 Å². The maximum atomic E-state index is 6.05. The van der Waals surface area contributed by atoms with Crippen LogP contribution in [0.3, 0.4) is 0 Å². The van der Waals surface area contributed by atoms with E-state index in [1.165, 1.54) is 29.1 Å². The van der Waals surface area contributed by atoms with Gasteiger partial charge in [0, 0.05) is 0 Å². The lowest BCUT2D eigenvalue weighted by Gasteiger charge is -2.33. The van der Waals surface area contributed by atoms with E-state index in [1.807, 2.05) is 0 Å². The molecule has 0 bridgehead atoms. The topological polar surface area (TPSA) is 9.23 Å². The van der Waals surface area contributed by atoms with Crippen molar-refractivity contribution in [2.75, 3.05) is 11.5 Å². The fourth-order valence-corrected chi connectivity index (χ4v) is 5.38. The van der Waals surface area contributed by atoms with Gasteiger partial charge in [0.25, 0.3) is 0 Å². The average Bonchev–Trinajstić information content (AvgIpc) is 2.38. The van der Waals surface area contributed by atoms with Crippen LogP contribution in [0, 0.1) is 0 Å². The van der Waals surface area contributed by atoms with Crippen LogP contribution in [0.25, 0.3) is 0 Å². The van der Waals surface area contributed by atoms with Crippen molar-refractivity contribution in [2.24, 2.45) is 0 Å². The zero-order valence-electron chi connectivity index (χ0n) is 11.1. The Labute approximate surface area is 118 Å². The van der Waals surface area contributed by atoms with Gasteiger partial charge in [0.15, 0.2) is 0 Å². The Bertz CT molecular complexity index is 436. The number of rotatable bonds is 1. The first-order valence-electron chi connectivity index (χ1n) is 6.69. The molecule has 98 valence electrons. The molecule has 1 saturated heterocycles. The Balaban J connectivity index is 1.83. The first kappa shape index (κ1) is 12.7. The Kier molecular flexibility index (Phi) is 3.55. The largest absolute Gasteiger partial charge is 0.488 e. The lowest BCUT2D eigenvalue weighted by atomic mass is 9.93. The van der Waals surface area contributed by atoms with Crippen molar-refractivity contribution in [2.45, 2.75) is 43.3 Å². The van der Waals surface area contributed by atoms with E-state index in [9.17, 15) is 0 Å². The van der Waals surface area contributed by atoms with Crippen LogP contribution < -0.4 is 4.74 Å². The van der Waals surface area contributed by atoms with Crippen LogP contribution >= 0.6 is 23.5 Å². The predicted molar refractivity (Wildman–Crippen MR) is 81.7 cm³/mol. The third-order valence-corrected chi connectivity index (χ3v) is 6.58. The molecular weight excluding hydrogens is 260 g/mol. The zero-order chi connectivity index (χ0) is 12.6. The van der Waals surface area contributed by atoms with Gasteiger partial charge in [-0.15, -0.1) is 23.5 Å². The highest BCUT2D eigenvalue weighted by molar-refractivity contribution is 8.16. The summed E-state index contributed by atoms with van der Waals surface area (Å²) in [5, 5.41) is 0. The summed E-state index contributed by atoms with van der Waals surface area (Å²) >= 11 is 4.18. The quantitative estimate of drug-likeness (QED) is 0.740. The Morgan fingerprint density at radius 3 is 2.78 bits per heavy atom. The number of hydrogen-bond donors (Lipinski definition) is 0. The first-order valence-corrected chi connectivity index (χ1v) is 8.79. The van der Waals surface area contributed by atoms with E-state index in [0.717, 1.165) is 18.6 Å². The van der Waals surface area contributed by atoms with E-state index in [4.69, 9.17) is 4.74 Å². The minimum absolute atomic E-state index is 0.00283. The molecule has 0 radical (unpaired) electrons. The lowest BCUT2D eigenvalue weighted by molar-refractivity contribution is 0.0846. The van der Waals surface area contributed by atoms with Gasteiger partial charge in [-0.2, -0.15) is 0 Å². The van der Waals surface area contributed by atoms with Crippen molar-refractivity contribution < 1.29 is 4.74 Å². The van der Waals surface area contributed by atoms with Gasteiger partial charge >= 0.3 is 0 Å². The van der Waals surface area contributed by atoms with Crippen molar-refractivity contribution in [3.63, 3.8) is 0 Å². The predicted octanol–water partition coefficient (Wildman–Crippen LogP) is 4.66. The summed E-state index contributed by atoms with van der Waals surface area (Å²) in [7, 11) is 0. The number of thioether (sulfide) groups is 2. The van der Waals surface area contributed by atoms with E-state index in [2.05, 4.69) is 55.6 Å². The van der Waals surface area contributed by atoms with Crippen molar-refractivity contribution >= 4 is 23.5 Å². The lowest BCUT2D eigenvalue weighted by Crippen LogP contribution is -2.32. The van der Waals surface area contributed by atoms with Crippen LogP contribution in [0.15, 0.2) is 18.2 Å². The molecule has 0 aliphatic carbocycles. The summed E-state index contributed by atoms with van der Waals surface area (Å²) in [6, 6.07) is 6.82. The minimum atomic E-state index is 0.00283. The molecule has 0 atom stereocenters. The fourth-order valence-electron chi connectivity index (χ4n) is 2.51. The highest BCUT2D eigenvalue weighted by Gasteiger charge is 2.27. The molecule has 0 amide bonds. The Morgan fingerprint density at radius 2 is 2.00 bits per heavy atom. The summed E-state index contributed by atoms with van der Waals surface area (Å²) in [6.07, 6.45) is 3.63. The molecule has 0 saturated carbocycles. The molecule has 1 nitrogen and oxygen atoms in total. The van der Waals surface area contributed by atoms with Crippen LogP contribution in [0.1, 0.15) is 42.4 Å². The van der Waals surface area contributed by atoms with Crippen LogP contribution in [-0.2, 0) is 6.42 Å². The van der Waals surface area contributed by atoms with Gasteiger partial charge in [-0.25, -0.2) is 0 Å². The van der Waals surface area contributed by atoms with Crippen LogP contribution in [0.2, 0.25) is 0 Å². The second-order valence-corrected chi connectivity index (χ2v) is 8.38. The highest BCUT2D eigenvalue weighted by Crippen LogP contribution is 2.45. The summed E-state index contributed by atoms with van der Waals surface area (Å²) < 4.78 is 6.69. The second-order valence-electron chi connectivity index (χ2n) is 5.66. The monoisotopic (exact) mass is 280 g/mol. The first-order chi connectivity index (χ1) is 8.64. The van der Waals surface area contributed by atoms with Crippen molar-refractivity contribution in [3.8, 4) is 5.75 Å². The van der Waals surface area contributed by atoms with Gasteiger partial charge in [0.05, 0.1) is 4.58 Å². The minimum Gasteiger partial charge on any atom is -0.488 e. The van der Waals surface area contributed by atoms with Gasteiger partial charge in [-0.1, -0.05) is 12.1 Å². The van der Waals surface area contributed by atoms with Crippen LogP contribution in [0.5, 0.6) is 5.75 Å².